The molecule has 26 heavy (non-hydrogen) atoms. The third kappa shape index (κ3) is 2.65. The van der Waals surface area contributed by atoms with Gasteiger partial charge in [0.15, 0.2) is 0 Å². The second-order valence-corrected chi connectivity index (χ2v) is 7.09. The van der Waals surface area contributed by atoms with E-state index >= 15 is 0 Å². The summed E-state index contributed by atoms with van der Waals surface area (Å²) >= 11 is 1.48. The van der Waals surface area contributed by atoms with Crippen molar-refractivity contribution in [2.24, 2.45) is 5.73 Å². The Hall–Kier alpha value is -2.78. The lowest BCUT2D eigenvalue weighted by Gasteiger charge is -2.47. The molecule has 2 aliphatic heterocycles. The molecular weight excluding hydrogens is 354 g/mol. The van der Waals surface area contributed by atoms with Gasteiger partial charge >= 0.3 is 5.97 Å². The molecule has 1 fully saturated rings. The maximum Gasteiger partial charge on any atom is 0.352 e. The smallest absolute Gasteiger partial charge is 0.352 e. The fourth-order valence-corrected chi connectivity index (χ4v) is 4.37. The van der Waals surface area contributed by atoms with Gasteiger partial charge in [-0.25, -0.2) is 14.5 Å². The molecule has 0 unspecified atom stereocenters. The number of carboxylic acid groups (broad SMARTS) is 1. The molecule has 0 radical (unpaired) electrons. The average molecular weight is 371 g/mol. The van der Waals surface area contributed by atoms with E-state index in [1.165, 1.54) is 16.7 Å². The fraction of sp³-hybridized carbons (Fsp3) is 0.235. The van der Waals surface area contributed by atoms with Crippen molar-refractivity contribution in [3.05, 3.63) is 54.0 Å². The van der Waals surface area contributed by atoms with E-state index in [4.69, 9.17) is 5.73 Å². The lowest BCUT2D eigenvalue weighted by molar-refractivity contribution is -0.147. The summed E-state index contributed by atoms with van der Waals surface area (Å²) in [6.45, 7) is 0.484. The number of imidazole rings is 1. The van der Waals surface area contributed by atoms with Crippen LogP contribution in [0.5, 0.6) is 0 Å². The molecule has 3 heterocycles. The van der Waals surface area contributed by atoms with Crippen LogP contribution in [0, 0.1) is 0 Å². The standard InChI is InChI=1S/C17H17N5O3S/c18-13-15(23)22-14(17(24)25)10(8-26-16(13)22)4-3-7-20-21-9-19-11-5-1-2-6-12(11)21/h1-6,9,13,16,20H,7-8,18H2,(H,24,25)/t13-,16-/m1/s1. The minimum atomic E-state index is -1.11. The number of hydrogen-bond acceptors (Lipinski definition) is 6. The number of carbonyl (C=O) groups is 2. The number of nitrogens with one attached hydrogen (secondary N) is 1. The van der Waals surface area contributed by atoms with Crippen molar-refractivity contribution >= 4 is 34.7 Å². The third-order valence-electron chi connectivity index (χ3n) is 4.39. The maximum absolute atomic E-state index is 11.9. The van der Waals surface area contributed by atoms with Crippen LogP contribution in [0.3, 0.4) is 0 Å². The average Bonchev–Trinajstić information content (AvgIpc) is 3.07. The van der Waals surface area contributed by atoms with Gasteiger partial charge in [0.05, 0.1) is 11.0 Å². The largest absolute Gasteiger partial charge is 0.477 e. The number of carboxylic acids is 1. The van der Waals surface area contributed by atoms with Gasteiger partial charge in [0.2, 0.25) is 5.91 Å². The first-order chi connectivity index (χ1) is 12.6. The SMILES string of the molecule is N[C@@H]1C(=O)N2C(C(=O)O)=C(C=CCNn3cnc4ccccc43)CS[C@H]12. The highest BCUT2D eigenvalue weighted by atomic mass is 32.2. The molecule has 4 N–H and O–H groups in total. The minimum Gasteiger partial charge on any atom is -0.477 e. The lowest BCUT2D eigenvalue weighted by atomic mass is 10.0. The summed E-state index contributed by atoms with van der Waals surface area (Å²) in [7, 11) is 0. The second-order valence-electron chi connectivity index (χ2n) is 5.98. The number of benzene rings is 1. The number of allylic oxidation sites excluding steroid dienone is 1. The Labute approximate surface area is 153 Å². The van der Waals surface area contributed by atoms with Crippen LogP contribution in [0.15, 0.2) is 54.0 Å². The monoisotopic (exact) mass is 371 g/mol. The van der Waals surface area contributed by atoms with E-state index in [2.05, 4.69) is 10.4 Å². The van der Waals surface area contributed by atoms with Crippen molar-refractivity contribution < 1.29 is 14.7 Å². The number of β-lactam (4-membered cyclic amide) rings is 1. The minimum absolute atomic E-state index is 0.0322. The van der Waals surface area contributed by atoms with E-state index in [0.29, 0.717) is 17.9 Å². The van der Waals surface area contributed by atoms with Crippen LogP contribution >= 0.6 is 11.8 Å². The highest BCUT2D eigenvalue weighted by Gasteiger charge is 2.51. The summed E-state index contributed by atoms with van der Waals surface area (Å²) in [5, 5.41) is 9.22. The van der Waals surface area contributed by atoms with Crippen molar-refractivity contribution in [1.82, 2.24) is 14.6 Å². The first kappa shape index (κ1) is 16.7. The molecule has 0 spiro atoms. The zero-order chi connectivity index (χ0) is 18.3. The Morgan fingerprint density at radius 3 is 3.08 bits per heavy atom. The van der Waals surface area contributed by atoms with Crippen LogP contribution in [0.25, 0.3) is 11.0 Å². The molecule has 134 valence electrons. The molecule has 1 aromatic carbocycles. The number of nitrogens with zero attached hydrogens (tertiary/aromatic N) is 3. The Bertz CT molecular complexity index is 951. The number of aromatic nitrogens is 2. The molecular formula is C17H17N5O3S. The molecule has 1 amide bonds. The normalized spacial score (nSPS) is 22.7. The van der Waals surface area contributed by atoms with Crippen molar-refractivity contribution in [1.29, 1.82) is 0 Å². The molecule has 2 atom stereocenters. The first-order valence-corrected chi connectivity index (χ1v) is 9.12. The summed E-state index contributed by atoms with van der Waals surface area (Å²) in [6.07, 6.45) is 5.27. The number of amides is 1. The zero-order valence-corrected chi connectivity index (χ0v) is 14.5. The summed E-state index contributed by atoms with van der Waals surface area (Å²) in [4.78, 5) is 29.1. The van der Waals surface area contributed by atoms with Crippen LogP contribution in [-0.2, 0) is 9.59 Å². The number of fused-ring (bicyclic) bond motifs is 2. The van der Waals surface area contributed by atoms with E-state index in [0.717, 1.165) is 11.0 Å². The predicted octanol–water partition coefficient (Wildman–Crippen LogP) is 0.717. The Balaban J connectivity index is 1.49. The van der Waals surface area contributed by atoms with Gasteiger partial charge in [0.25, 0.3) is 0 Å². The number of carbonyl (C=O) groups excluding carboxylic acids is 1. The summed E-state index contributed by atoms with van der Waals surface area (Å²) in [6, 6.07) is 7.14. The third-order valence-corrected chi connectivity index (χ3v) is 5.72. The number of thioether (sulfide) groups is 1. The van der Waals surface area contributed by atoms with Crippen molar-refractivity contribution in [2.75, 3.05) is 17.7 Å². The molecule has 0 saturated carbocycles. The molecule has 9 heteroatoms. The summed E-state index contributed by atoms with van der Waals surface area (Å²) in [5.74, 6) is -0.939. The zero-order valence-electron chi connectivity index (χ0n) is 13.7. The van der Waals surface area contributed by atoms with Crippen LogP contribution < -0.4 is 11.2 Å². The summed E-state index contributed by atoms with van der Waals surface area (Å²) in [5.41, 5.74) is 11.4. The van der Waals surface area contributed by atoms with Gasteiger partial charge in [-0.15, -0.1) is 11.8 Å². The fourth-order valence-electron chi connectivity index (χ4n) is 3.11. The quantitative estimate of drug-likeness (QED) is 0.664. The number of nitrogens with two attached hydrogens (primary N) is 1. The highest BCUT2D eigenvalue weighted by Crippen LogP contribution is 2.39. The Morgan fingerprint density at radius 1 is 1.46 bits per heavy atom. The second kappa shape index (κ2) is 6.50. The Kier molecular flexibility index (Phi) is 4.17. The molecule has 0 aliphatic carbocycles. The molecule has 4 rings (SSSR count). The van der Waals surface area contributed by atoms with Gasteiger partial charge < -0.3 is 16.3 Å². The molecule has 8 nitrogen and oxygen atoms in total. The molecule has 0 bridgehead atoms. The first-order valence-electron chi connectivity index (χ1n) is 8.07. The van der Waals surface area contributed by atoms with E-state index in [9.17, 15) is 14.7 Å². The van der Waals surface area contributed by atoms with Gasteiger partial charge in [0, 0.05) is 12.3 Å². The number of rotatable bonds is 5. The maximum atomic E-state index is 11.9. The highest BCUT2D eigenvalue weighted by molar-refractivity contribution is 8.00. The van der Waals surface area contributed by atoms with Crippen LogP contribution in [-0.4, -0.2) is 55.3 Å². The van der Waals surface area contributed by atoms with E-state index in [-0.39, 0.29) is 17.0 Å². The number of aliphatic carboxylic acids is 1. The number of para-hydroxylation sites is 2. The Morgan fingerprint density at radius 2 is 2.27 bits per heavy atom. The molecule has 1 saturated heterocycles. The van der Waals surface area contributed by atoms with Crippen molar-refractivity contribution in [3.63, 3.8) is 0 Å². The topological polar surface area (TPSA) is 113 Å². The summed E-state index contributed by atoms with van der Waals surface area (Å²) < 4.78 is 1.82. The predicted molar refractivity (Wildman–Crippen MR) is 98.8 cm³/mol. The van der Waals surface area contributed by atoms with Gasteiger partial charge in [-0.05, 0) is 17.7 Å². The van der Waals surface area contributed by atoms with Gasteiger partial charge in [-0.3, -0.25) is 9.69 Å². The van der Waals surface area contributed by atoms with Crippen molar-refractivity contribution in [2.45, 2.75) is 11.4 Å². The molecule has 2 aliphatic rings. The van der Waals surface area contributed by atoms with Gasteiger partial charge in [-0.2, -0.15) is 0 Å². The van der Waals surface area contributed by atoms with Crippen molar-refractivity contribution in [3.8, 4) is 0 Å². The molecule has 1 aromatic heterocycles. The van der Waals surface area contributed by atoms with E-state index in [1.807, 2.05) is 35.0 Å². The lowest BCUT2D eigenvalue weighted by Crippen LogP contribution is -2.68. The van der Waals surface area contributed by atoms with E-state index in [1.54, 1.807) is 12.4 Å². The van der Waals surface area contributed by atoms with Crippen LogP contribution in [0.4, 0.5) is 0 Å². The van der Waals surface area contributed by atoms with Crippen LogP contribution in [0.2, 0.25) is 0 Å². The van der Waals surface area contributed by atoms with Gasteiger partial charge in [-0.1, -0.05) is 24.3 Å². The number of hydrogen-bond donors (Lipinski definition) is 3. The van der Waals surface area contributed by atoms with Gasteiger partial charge in [0.1, 0.15) is 23.4 Å². The molecule has 2 aromatic rings. The van der Waals surface area contributed by atoms with E-state index < -0.39 is 12.0 Å². The van der Waals surface area contributed by atoms with Crippen LogP contribution in [0.1, 0.15) is 0 Å².